The Hall–Kier alpha value is -3.47. The molecule has 8 nitrogen and oxygen atoms in total. The van der Waals surface area contributed by atoms with Gasteiger partial charge in [-0.3, -0.25) is 9.59 Å². The van der Waals surface area contributed by atoms with Crippen LogP contribution in [0.4, 0.5) is 5.69 Å². The topological polar surface area (TPSA) is 90.5 Å². The van der Waals surface area contributed by atoms with Gasteiger partial charge in [-0.2, -0.15) is 0 Å². The Morgan fingerprint density at radius 2 is 1.92 bits per heavy atom. The van der Waals surface area contributed by atoms with Gasteiger partial charge in [-0.1, -0.05) is 61.5 Å². The molecule has 2 aromatic carbocycles. The molecular weight excluding hydrogens is 518 g/mol. The first-order valence-electron chi connectivity index (χ1n) is 12.5. The van der Waals surface area contributed by atoms with Crippen molar-refractivity contribution in [3.8, 4) is 5.69 Å². The molecule has 1 aliphatic heterocycles. The molecule has 0 unspecified atom stereocenters. The zero-order valence-corrected chi connectivity index (χ0v) is 22.9. The van der Waals surface area contributed by atoms with Crippen LogP contribution in [0.1, 0.15) is 29.9 Å². The number of aromatic nitrogens is 4. The van der Waals surface area contributed by atoms with Gasteiger partial charge in [0.2, 0.25) is 11.7 Å². The molecule has 3 aromatic heterocycles. The van der Waals surface area contributed by atoms with Crippen LogP contribution in [0.3, 0.4) is 0 Å². The molecule has 4 heterocycles. The predicted molar refractivity (Wildman–Crippen MR) is 152 cm³/mol. The van der Waals surface area contributed by atoms with Crippen LogP contribution in [0, 0.1) is 12.8 Å². The fraction of sp³-hybridized carbons (Fsp3) is 0.286. The van der Waals surface area contributed by atoms with E-state index in [2.05, 4.69) is 29.4 Å². The van der Waals surface area contributed by atoms with Crippen LogP contribution in [0.15, 0.2) is 64.5 Å². The molecule has 0 saturated carbocycles. The zero-order chi connectivity index (χ0) is 26.4. The molecule has 38 heavy (non-hydrogen) atoms. The molecule has 1 N–H and O–H groups in total. The Bertz CT molecular complexity index is 1700. The molecule has 1 aliphatic rings. The van der Waals surface area contributed by atoms with Gasteiger partial charge < -0.3 is 10.1 Å². The van der Waals surface area contributed by atoms with Gasteiger partial charge in [0.05, 0.1) is 29.5 Å². The molecule has 0 bridgehead atoms. The molecule has 10 heteroatoms. The molecule has 0 fully saturated rings. The maximum absolute atomic E-state index is 14.0. The van der Waals surface area contributed by atoms with Gasteiger partial charge in [-0.15, -0.1) is 21.5 Å². The standard InChI is InChI=1S/C28H27N5O3S2/c1-16(2)21-13-20-22(14-36-21)38-26-24(20)25(35)32(19-7-5-4-6-8-19)27-30-31-28(33(26)27)37-15-23(34)29-18-11-9-17(3)10-12-18/h4-12,16,21H,13-15H2,1-3H3,(H,29,34)/t21-/m0/s1. The lowest BCUT2D eigenvalue weighted by Gasteiger charge is -2.26. The van der Waals surface area contributed by atoms with Crippen LogP contribution in [0.25, 0.3) is 21.7 Å². The van der Waals surface area contributed by atoms with Gasteiger partial charge in [0.15, 0.2) is 5.16 Å². The SMILES string of the molecule is Cc1ccc(NC(=O)CSc2nnc3n(-c4ccccc4)c(=O)c4c5c(sc4n23)CO[C@H](C(C)C)C5)cc1. The number of amides is 1. The maximum Gasteiger partial charge on any atom is 0.268 e. The summed E-state index contributed by atoms with van der Waals surface area (Å²) < 4.78 is 9.66. The highest BCUT2D eigenvalue weighted by Gasteiger charge is 2.30. The minimum absolute atomic E-state index is 0.0563. The highest BCUT2D eigenvalue weighted by atomic mass is 32.2. The van der Waals surface area contributed by atoms with Crippen molar-refractivity contribution in [1.29, 1.82) is 0 Å². The first kappa shape index (κ1) is 24.8. The molecule has 5 aromatic rings. The maximum atomic E-state index is 14.0. The second-order valence-corrected chi connectivity index (χ2v) is 11.8. The lowest BCUT2D eigenvalue weighted by atomic mass is 9.96. The van der Waals surface area contributed by atoms with Crippen LogP contribution < -0.4 is 10.9 Å². The second kappa shape index (κ2) is 10.0. The van der Waals surface area contributed by atoms with Gasteiger partial charge in [-0.05, 0) is 42.7 Å². The van der Waals surface area contributed by atoms with E-state index >= 15 is 0 Å². The lowest BCUT2D eigenvalue weighted by molar-refractivity contribution is -0.113. The normalized spacial score (nSPS) is 15.3. The fourth-order valence-corrected chi connectivity index (χ4v) is 6.77. The monoisotopic (exact) mass is 545 g/mol. The van der Waals surface area contributed by atoms with E-state index in [-0.39, 0.29) is 23.3 Å². The van der Waals surface area contributed by atoms with Crippen molar-refractivity contribution in [3.63, 3.8) is 0 Å². The van der Waals surface area contributed by atoms with Crippen molar-refractivity contribution in [2.24, 2.45) is 5.92 Å². The van der Waals surface area contributed by atoms with E-state index in [1.807, 2.05) is 65.9 Å². The van der Waals surface area contributed by atoms with Crippen molar-refractivity contribution in [2.75, 3.05) is 11.1 Å². The van der Waals surface area contributed by atoms with E-state index in [0.29, 0.717) is 35.3 Å². The highest BCUT2D eigenvalue weighted by molar-refractivity contribution is 7.99. The minimum atomic E-state index is -0.137. The second-order valence-electron chi connectivity index (χ2n) is 9.78. The molecule has 0 aliphatic carbocycles. The van der Waals surface area contributed by atoms with Crippen molar-refractivity contribution >= 4 is 50.7 Å². The number of nitrogens with zero attached hydrogens (tertiary/aromatic N) is 4. The Kier molecular flexibility index (Phi) is 6.55. The lowest BCUT2D eigenvalue weighted by Crippen LogP contribution is -2.28. The summed E-state index contributed by atoms with van der Waals surface area (Å²) >= 11 is 2.85. The molecule has 0 radical (unpaired) electrons. The van der Waals surface area contributed by atoms with Gasteiger partial charge in [0.25, 0.3) is 5.56 Å². The summed E-state index contributed by atoms with van der Waals surface area (Å²) in [6.45, 7) is 6.76. The molecule has 194 valence electrons. The van der Waals surface area contributed by atoms with Crippen LogP contribution in [0.5, 0.6) is 0 Å². The summed E-state index contributed by atoms with van der Waals surface area (Å²) in [5.74, 6) is 0.785. The molecule has 0 spiro atoms. The minimum Gasteiger partial charge on any atom is -0.372 e. The Balaban J connectivity index is 1.45. The van der Waals surface area contributed by atoms with Crippen molar-refractivity contribution < 1.29 is 9.53 Å². The van der Waals surface area contributed by atoms with Gasteiger partial charge in [-0.25, -0.2) is 8.97 Å². The number of nitrogens with one attached hydrogen (secondary N) is 1. The summed E-state index contributed by atoms with van der Waals surface area (Å²) in [6, 6.07) is 17.2. The van der Waals surface area contributed by atoms with E-state index < -0.39 is 0 Å². The Morgan fingerprint density at radius 1 is 1.16 bits per heavy atom. The number of aryl methyl sites for hydroxylation is 1. The molecule has 1 atom stereocenters. The number of ether oxygens (including phenoxy) is 1. The number of anilines is 1. The third-order valence-corrected chi connectivity index (χ3v) is 8.89. The summed E-state index contributed by atoms with van der Waals surface area (Å²) in [6.07, 6.45) is 0.743. The number of carbonyl (C=O) groups excluding carboxylic acids is 1. The number of thioether (sulfide) groups is 1. The smallest absolute Gasteiger partial charge is 0.268 e. The fourth-order valence-electron chi connectivity index (χ4n) is 4.73. The summed E-state index contributed by atoms with van der Waals surface area (Å²) in [5.41, 5.74) is 3.54. The van der Waals surface area contributed by atoms with Gasteiger partial charge >= 0.3 is 0 Å². The number of thiophene rings is 1. The van der Waals surface area contributed by atoms with E-state index in [1.165, 1.54) is 11.8 Å². The largest absolute Gasteiger partial charge is 0.372 e. The highest BCUT2D eigenvalue weighted by Crippen LogP contribution is 2.37. The number of benzene rings is 2. The molecule has 0 saturated heterocycles. The number of hydrogen-bond donors (Lipinski definition) is 1. The van der Waals surface area contributed by atoms with E-state index in [1.54, 1.807) is 15.9 Å². The number of hydrogen-bond acceptors (Lipinski definition) is 7. The van der Waals surface area contributed by atoms with Crippen LogP contribution in [-0.2, 0) is 22.6 Å². The number of rotatable bonds is 6. The van der Waals surface area contributed by atoms with Gasteiger partial charge in [0.1, 0.15) is 4.83 Å². The predicted octanol–water partition coefficient (Wildman–Crippen LogP) is 5.23. The van der Waals surface area contributed by atoms with Crippen LogP contribution >= 0.6 is 23.1 Å². The van der Waals surface area contributed by atoms with E-state index in [0.717, 1.165) is 32.2 Å². The zero-order valence-electron chi connectivity index (χ0n) is 21.3. The molecular formula is C28H27N5O3S2. The average Bonchev–Trinajstić information content (AvgIpc) is 3.51. The van der Waals surface area contributed by atoms with E-state index in [4.69, 9.17) is 4.74 Å². The first-order valence-corrected chi connectivity index (χ1v) is 14.3. The van der Waals surface area contributed by atoms with Crippen LogP contribution in [0.2, 0.25) is 0 Å². The van der Waals surface area contributed by atoms with Crippen molar-refractivity contribution in [3.05, 3.63) is 81.0 Å². The van der Waals surface area contributed by atoms with Crippen molar-refractivity contribution in [1.82, 2.24) is 19.2 Å². The number of para-hydroxylation sites is 1. The third kappa shape index (κ3) is 4.42. The molecule has 6 rings (SSSR count). The Labute approximate surface area is 227 Å². The average molecular weight is 546 g/mol. The van der Waals surface area contributed by atoms with E-state index in [9.17, 15) is 9.59 Å². The molecule has 1 amide bonds. The summed E-state index contributed by atoms with van der Waals surface area (Å²) in [4.78, 5) is 28.6. The number of fused-ring (bicyclic) bond motifs is 5. The quantitative estimate of drug-likeness (QED) is 0.294. The van der Waals surface area contributed by atoms with Crippen molar-refractivity contribution in [2.45, 2.75) is 45.1 Å². The number of carbonyl (C=O) groups is 1. The Morgan fingerprint density at radius 3 is 2.66 bits per heavy atom. The van der Waals surface area contributed by atoms with Crippen LogP contribution in [-0.4, -0.2) is 36.9 Å². The third-order valence-electron chi connectivity index (χ3n) is 6.77. The van der Waals surface area contributed by atoms with Gasteiger partial charge in [0, 0.05) is 17.0 Å². The summed E-state index contributed by atoms with van der Waals surface area (Å²) in [7, 11) is 0. The first-order chi connectivity index (χ1) is 18.4. The summed E-state index contributed by atoms with van der Waals surface area (Å²) in [5, 5.41) is 13.0.